The van der Waals surface area contributed by atoms with Crippen molar-refractivity contribution in [1.82, 2.24) is 10.2 Å². The second-order valence-electron chi connectivity index (χ2n) is 3.20. The van der Waals surface area contributed by atoms with E-state index in [0.29, 0.717) is 5.56 Å². The number of anilines is 1. The fourth-order valence-electron chi connectivity index (χ4n) is 1.17. The second-order valence-corrected chi connectivity index (χ2v) is 3.59. The zero-order chi connectivity index (χ0) is 12.3. The maximum atomic E-state index is 12.7. The van der Waals surface area contributed by atoms with E-state index in [4.69, 9.17) is 11.6 Å². The monoisotopic (exact) mass is 251 g/mol. The Balaban J connectivity index is 2.11. The first-order chi connectivity index (χ1) is 8.15. The maximum absolute atomic E-state index is 12.7. The number of carbonyl (C=O) groups excluding carboxylic acids is 1. The number of aromatic nitrogens is 2. The molecule has 0 atom stereocenters. The summed E-state index contributed by atoms with van der Waals surface area (Å²) in [6.45, 7) is 0. The molecule has 0 unspecified atom stereocenters. The average molecular weight is 252 g/mol. The van der Waals surface area contributed by atoms with Crippen molar-refractivity contribution in [2.24, 2.45) is 0 Å². The lowest BCUT2D eigenvalue weighted by atomic mass is 10.2. The molecule has 2 aromatic rings. The summed E-state index contributed by atoms with van der Waals surface area (Å²) in [5.74, 6) is -0.502. The van der Waals surface area contributed by atoms with Crippen LogP contribution in [0.3, 0.4) is 0 Å². The summed E-state index contributed by atoms with van der Waals surface area (Å²) in [7, 11) is 0. The summed E-state index contributed by atoms with van der Waals surface area (Å²) in [6, 6.07) is 8.22. The van der Waals surface area contributed by atoms with E-state index in [1.54, 1.807) is 0 Å². The Morgan fingerprint density at radius 2 is 1.82 bits per heavy atom. The van der Waals surface area contributed by atoms with Crippen molar-refractivity contribution < 1.29 is 9.18 Å². The summed E-state index contributed by atoms with van der Waals surface area (Å²) >= 11 is 5.55. The number of nitrogens with one attached hydrogen (secondary N) is 1. The predicted molar refractivity (Wildman–Crippen MR) is 61.4 cm³/mol. The van der Waals surface area contributed by atoms with Crippen molar-refractivity contribution in [1.29, 1.82) is 0 Å². The number of amides is 1. The minimum atomic E-state index is -0.396. The third kappa shape index (κ3) is 2.98. The van der Waals surface area contributed by atoms with E-state index in [9.17, 15) is 9.18 Å². The molecule has 0 aliphatic rings. The number of nitrogens with zero attached hydrogens (tertiary/aromatic N) is 2. The highest BCUT2D eigenvalue weighted by molar-refractivity contribution is 6.29. The molecule has 0 aliphatic heterocycles. The third-order valence-electron chi connectivity index (χ3n) is 1.98. The van der Waals surface area contributed by atoms with Crippen molar-refractivity contribution in [2.45, 2.75) is 0 Å². The molecule has 1 N–H and O–H groups in total. The lowest BCUT2D eigenvalue weighted by Gasteiger charge is -2.03. The van der Waals surface area contributed by atoms with Crippen molar-refractivity contribution >= 4 is 23.3 Å². The van der Waals surface area contributed by atoms with Crippen LogP contribution in [0.5, 0.6) is 0 Å². The topological polar surface area (TPSA) is 54.9 Å². The minimum absolute atomic E-state index is 0.241. The SMILES string of the molecule is O=C(Nc1ccc(Cl)nn1)c1ccc(F)cc1. The smallest absolute Gasteiger partial charge is 0.256 e. The normalized spacial score (nSPS) is 10.0. The molecule has 1 aromatic heterocycles. The Labute approximate surface area is 101 Å². The van der Waals surface area contributed by atoms with Gasteiger partial charge >= 0.3 is 0 Å². The van der Waals surface area contributed by atoms with Crippen LogP contribution in [-0.4, -0.2) is 16.1 Å². The van der Waals surface area contributed by atoms with Crippen molar-refractivity contribution in [2.75, 3.05) is 5.32 Å². The Kier molecular flexibility index (Phi) is 3.30. The lowest BCUT2D eigenvalue weighted by Crippen LogP contribution is -2.13. The van der Waals surface area contributed by atoms with Crippen LogP contribution in [0, 0.1) is 5.82 Å². The highest BCUT2D eigenvalue weighted by Gasteiger charge is 2.06. The molecular formula is C11H7ClFN3O. The molecule has 0 radical (unpaired) electrons. The number of carbonyl (C=O) groups is 1. The predicted octanol–water partition coefficient (Wildman–Crippen LogP) is 2.52. The highest BCUT2D eigenvalue weighted by Crippen LogP contribution is 2.09. The van der Waals surface area contributed by atoms with Crippen LogP contribution in [0.25, 0.3) is 0 Å². The van der Waals surface area contributed by atoms with Crippen LogP contribution in [0.15, 0.2) is 36.4 Å². The van der Waals surface area contributed by atoms with Crippen LogP contribution in [0.1, 0.15) is 10.4 Å². The Hall–Kier alpha value is -2.01. The van der Waals surface area contributed by atoms with Crippen LogP contribution >= 0.6 is 11.6 Å². The van der Waals surface area contributed by atoms with Gasteiger partial charge in [0, 0.05) is 5.56 Å². The van der Waals surface area contributed by atoms with Gasteiger partial charge in [0.05, 0.1) is 0 Å². The number of hydrogen-bond donors (Lipinski definition) is 1. The second kappa shape index (κ2) is 4.88. The van der Waals surface area contributed by atoms with E-state index in [1.807, 2.05) is 0 Å². The molecule has 0 saturated carbocycles. The molecule has 0 bridgehead atoms. The molecule has 4 nitrogen and oxygen atoms in total. The van der Waals surface area contributed by atoms with Gasteiger partial charge in [-0.3, -0.25) is 4.79 Å². The van der Waals surface area contributed by atoms with Crippen LogP contribution in [0.2, 0.25) is 5.15 Å². The molecule has 0 fully saturated rings. The van der Waals surface area contributed by atoms with Crippen LogP contribution in [0.4, 0.5) is 10.2 Å². The first-order valence-electron chi connectivity index (χ1n) is 4.71. The fraction of sp³-hybridized carbons (Fsp3) is 0. The first-order valence-corrected chi connectivity index (χ1v) is 5.09. The fourth-order valence-corrected chi connectivity index (χ4v) is 1.27. The molecule has 0 aliphatic carbocycles. The minimum Gasteiger partial charge on any atom is -0.305 e. The van der Waals surface area contributed by atoms with E-state index in [-0.39, 0.29) is 16.9 Å². The molecular weight excluding hydrogens is 245 g/mol. The van der Waals surface area contributed by atoms with Gasteiger partial charge in [0.15, 0.2) is 11.0 Å². The van der Waals surface area contributed by atoms with Gasteiger partial charge in [-0.1, -0.05) is 11.6 Å². The first kappa shape index (κ1) is 11.5. The van der Waals surface area contributed by atoms with E-state index in [1.165, 1.54) is 36.4 Å². The number of benzene rings is 1. The van der Waals surface area contributed by atoms with Gasteiger partial charge in [-0.15, -0.1) is 10.2 Å². The highest BCUT2D eigenvalue weighted by atomic mass is 35.5. The van der Waals surface area contributed by atoms with E-state index >= 15 is 0 Å². The van der Waals surface area contributed by atoms with E-state index in [0.717, 1.165) is 0 Å². The molecule has 17 heavy (non-hydrogen) atoms. The molecule has 0 saturated heterocycles. The standard InChI is InChI=1S/C11H7ClFN3O/c12-9-5-6-10(16-15-9)14-11(17)7-1-3-8(13)4-2-7/h1-6H,(H,14,16,17). The molecule has 0 spiro atoms. The van der Waals surface area contributed by atoms with E-state index < -0.39 is 5.82 Å². The largest absolute Gasteiger partial charge is 0.305 e. The van der Waals surface area contributed by atoms with Gasteiger partial charge in [0.25, 0.3) is 5.91 Å². The summed E-state index contributed by atoms with van der Waals surface area (Å²) in [4.78, 5) is 11.7. The lowest BCUT2D eigenvalue weighted by molar-refractivity contribution is 0.102. The van der Waals surface area contributed by atoms with Crippen molar-refractivity contribution in [3.05, 3.63) is 52.9 Å². The molecule has 1 heterocycles. The average Bonchev–Trinajstić information content (AvgIpc) is 2.33. The maximum Gasteiger partial charge on any atom is 0.256 e. The van der Waals surface area contributed by atoms with Crippen LogP contribution in [-0.2, 0) is 0 Å². The van der Waals surface area contributed by atoms with E-state index in [2.05, 4.69) is 15.5 Å². The van der Waals surface area contributed by atoms with Crippen LogP contribution < -0.4 is 5.32 Å². The van der Waals surface area contributed by atoms with Gasteiger partial charge in [-0.05, 0) is 36.4 Å². The van der Waals surface area contributed by atoms with Crippen molar-refractivity contribution in [3.63, 3.8) is 0 Å². The summed E-state index contributed by atoms with van der Waals surface area (Å²) in [6.07, 6.45) is 0. The third-order valence-corrected chi connectivity index (χ3v) is 2.18. The zero-order valence-electron chi connectivity index (χ0n) is 8.52. The number of hydrogen-bond acceptors (Lipinski definition) is 3. The number of halogens is 2. The molecule has 86 valence electrons. The summed E-state index contributed by atoms with van der Waals surface area (Å²) in [5, 5.41) is 10.0. The van der Waals surface area contributed by atoms with Gasteiger partial charge in [-0.25, -0.2) is 4.39 Å². The van der Waals surface area contributed by atoms with Gasteiger partial charge in [-0.2, -0.15) is 0 Å². The molecule has 6 heteroatoms. The van der Waals surface area contributed by atoms with Gasteiger partial charge < -0.3 is 5.32 Å². The van der Waals surface area contributed by atoms with Crippen molar-refractivity contribution in [3.8, 4) is 0 Å². The Morgan fingerprint density at radius 1 is 1.12 bits per heavy atom. The van der Waals surface area contributed by atoms with Gasteiger partial charge in [0.1, 0.15) is 5.82 Å². The molecule has 1 amide bonds. The quantitative estimate of drug-likeness (QED) is 0.892. The van der Waals surface area contributed by atoms with Gasteiger partial charge in [0.2, 0.25) is 0 Å². The summed E-state index contributed by atoms with van der Waals surface area (Å²) < 4.78 is 12.7. The Morgan fingerprint density at radius 3 is 2.41 bits per heavy atom. The zero-order valence-corrected chi connectivity index (χ0v) is 9.28. The molecule has 1 aromatic carbocycles. The molecule has 2 rings (SSSR count). The number of rotatable bonds is 2. The summed E-state index contributed by atoms with van der Waals surface area (Å²) in [5.41, 5.74) is 0.336. The Bertz CT molecular complexity index is 527.